The summed E-state index contributed by atoms with van der Waals surface area (Å²) < 4.78 is 0. The van der Waals surface area contributed by atoms with Gasteiger partial charge >= 0.3 is 0 Å². The number of rotatable bonds is 6. The maximum absolute atomic E-state index is 6.03. The van der Waals surface area contributed by atoms with E-state index in [9.17, 15) is 0 Å². The number of halogens is 1. The number of likely N-dealkylation sites (tertiary alicyclic amines) is 1. The van der Waals surface area contributed by atoms with E-state index < -0.39 is 0 Å². The Morgan fingerprint density at radius 1 is 1.35 bits per heavy atom. The number of pyridine rings is 1. The third-order valence-electron chi connectivity index (χ3n) is 3.20. The molecule has 0 amide bonds. The maximum Gasteiger partial charge on any atom is 0.0634 e. The molecule has 0 aliphatic carbocycles. The molecule has 0 aromatic carbocycles. The molecular formula is C13H20ClN3. The van der Waals surface area contributed by atoms with Gasteiger partial charge in [-0.2, -0.15) is 0 Å². The summed E-state index contributed by atoms with van der Waals surface area (Å²) in [5, 5.41) is 4.18. The van der Waals surface area contributed by atoms with Gasteiger partial charge in [0.25, 0.3) is 0 Å². The predicted molar refractivity (Wildman–Crippen MR) is 71.2 cm³/mol. The molecule has 1 aliphatic heterocycles. The quantitative estimate of drug-likeness (QED) is 0.789. The first-order valence-corrected chi connectivity index (χ1v) is 6.75. The molecule has 4 heteroatoms. The highest BCUT2D eigenvalue weighted by molar-refractivity contribution is 6.31. The van der Waals surface area contributed by atoms with E-state index >= 15 is 0 Å². The highest BCUT2D eigenvalue weighted by Crippen LogP contribution is 2.12. The fourth-order valence-corrected chi connectivity index (χ4v) is 2.39. The molecule has 0 saturated carbocycles. The molecular weight excluding hydrogens is 234 g/mol. The molecule has 1 fully saturated rings. The van der Waals surface area contributed by atoms with E-state index in [1.807, 2.05) is 6.07 Å². The van der Waals surface area contributed by atoms with Gasteiger partial charge in [0.05, 0.1) is 5.02 Å². The van der Waals surface area contributed by atoms with Gasteiger partial charge in [0.2, 0.25) is 0 Å². The predicted octanol–water partition coefficient (Wildman–Crippen LogP) is 2.31. The first kappa shape index (κ1) is 12.8. The van der Waals surface area contributed by atoms with Gasteiger partial charge < -0.3 is 10.2 Å². The Kier molecular flexibility index (Phi) is 5.23. The molecule has 0 unspecified atom stereocenters. The second-order valence-electron chi connectivity index (χ2n) is 4.55. The molecule has 94 valence electrons. The fraction of sp³-hybridized carbons (Fsp3) is 0.615. The highest BCUT2D eigenvalue weighted by atomic mass is 35.5. The molecule has 1 N–H and O–H groups in total. The van der Waals surface area contributed by atoms with E-state index in [1.165, 1.54) is 38.9 Å². The molecule has 1 aromatic rings. The number of hydrogen-bond donors (Lipinski definition) is 1. The SMILES string of the molecule is Clc1cnccc1CNCCCN1CCCC1. The summed E-state index contributed by atoms with van der Waals surface area (Å²) in [6, 6.07) is 1.97. The lowest BCUT2D eigenvalue weighted by Gasteiger charge is -2.14. The lowest BCUT2D eigenvalue weighted by molar-refractivity contribution is 0.331. The summed E-state index contributed by atoms with van der Waals surface area (Å²) in [6.07, 6.45) is 7.44. The van der Waals surface area contributed by atoms with Crippen molar-refractivity contribution in [3.63, 3.8) is 0 Å². The van der Waals surface area contributed by atoms with Crippen molar-refractivity contribution in [1.82, 2.24) is 15.2 Å². The lowest BCUT2D eigenvalue weighted by Crippen LogP contribution is -2.24. The summed E-state index contributed by atoms with van der Waals surface area (Å²) in [5.41, 5.74) is 1.13. The third kappa shape index (κ3) is 4.26. The normalized spacial score (nSPS) is 16.5. The van der Waals surface area contributed by atoms with Crippen LogP contribution in [0.1, 0.15) is 24.8 Å². The smallest absolute Gasteiger partial charge is 0.0634 e. The van der Waals surface area contributed by atoms with Crippen LogP contribution >= 0.6 is 11.6 Å². The minimum absolute atomic E-state index is 0.750. The van der Waals surface area contributed by atoms with Crippen LogP contribution in [0.25, 0.3) is 0 Å². The van der Waals surface area contributed by atoms with Gasteiger partial charge in [0.1, 0.15) is 0 Å². The Morgan fingerprint density at radius 2 is 2.18 bits per heavy atom. The molecule has 2 rings (SSSR count). The maximum atomic E-state index is 6.03. The monoisotopic (exact) mass is 253 g/mol. The number of nitrogens with one attached hydrogen (secondary N) is 1. The molecule has 17 heavy (non-hydrogen) atoms. The van der Waals surface area contributed by atoms with Gasteiger partial charge in [-0.25, -0.2) is 0 Å². The molecule has 1 aromatic heterocycles. The van der Waals surface area contributed by atoms with Crippen molar-refractivity contribution >= 4 is 11.6 Å². The van der Waals surface area contributed by atoms with E-state index in [0.29, 0.717) is 0 Å². The van der Waals surface area contributed by atoms with Crippen LogP contribution in [0, 0.1) is 0 Å². The van der Waals surface area contributed by atoms with E-state index in [1.54, 1.807) is 12.4 Å². The topological polar surface area (TPSA) is 28.2 Å². The van der Waals surface area contributed by atoms with Crippen LogP contribution in [0.5, 0.6) is 0 Å². The Balaban J connectivity index is 1.58. The molecule has 0 atom stereocenters. The Labute approximate surface area is 108 Å². The van der Waals surface area contributed by atoms with Crippen molar-refractivity contribution in [2.75, 3.05) is 26.2 Å². The number of hydrogen-bond acceptors (Lipinski definition) is 3. The molecule has 1 aliphatic rings. The fourth-order valence-electron chi connectivity index (χ4n) is 2.20. The summed E-state index contributed by atoms with van der Waals surface area (Å²) in [4.78, 5) is 6.52. The molecule has 0 spiro atoms. The average Bonchev–Trinajstić information content (AvgIpc) is 2.84. The van der Waals surface area contributed by atoms with Gasteiger partial charge in [-0.05, 0) is 57.1 Å². The average molecular weight is 254 g/mol. The van der Waals surface area contributed by atoms with Crippen LogP contribution < -0.4 is 5.32 Å². The zero-order valence-corrected chi connectivity index (χ0v) is 10.9. The highest BCUT2D eigenvalue weighted by Gasteiger charge is 2.09. The summed E-state index contributed by atoms with van der Waals surface area (Å²) in [5.74, 6) is 0. The summed E-state index contributed by atoms with van der Waals surface area (Å²) in [6.45, 7) is 5.68. The standard InChI is InChI=1S/C13H20ClN3/c14-13-11-16-6-4-12(13)10-15-5-3-9-17-7-1-2-8-17/h4,6,11,15H,1-3,5,7-10H2. The number of aromatic nitrogens is 1. The van der Waals surface area contributed by atoms with Crippen LogP contribution in [-0.2, 0) is 6.54 Å². The van der Waals surface area contributed by atoms with Gasteiger partial charge in [0.15, 0.2) is 0 Å². The van der Waals surface area contributed by atoms with Crippen molar-refractivity contribution < 1.29 is 0 Å². The van der Waals surface area contributed by atoms with Gasteiger partial charge in [-0.3, -0.25) is 4.98 Å². The van der Waals surface area contributed by atoms with Crippen molar-refractivity contribution in [2.45, 2.75) is 25.8 Å². The second-order valence-corrected chi connectivity index (χ2v) is 4.95. The summed E-state index contributed by atoms with van der Waals surface area (Å²) in [7, 11) is 0. The van der Waals surface area contributed by atoms with Crippen molar-refractivity contribution in [2.24, 2.45) is 0 Å². The van der Waals surface area contributed by atoms with Gasteiger partial charge in [0, 0.05) is 18.9 Å². The van der Waals surface area contributed by atoms with Crippen molar-refractivity contribution in [3.05, 3.63) is 29.0 Å². The van der Waals surface area contributed by atoms with Crippen molar-refractivity contribution in [1.29, 1.82) is 0 Å². The second kappa shape index (κ2) is 6.94. The van der Waals surface area contributed by atoms with Crippen LogP contribution in [0.3, 0.4) is 0 Å². The van der Waals surface area contributed by atoms with Crippen LogP contribution in [-0.4, -0.2) is 36.1 Å². The zero-order valence-electron chi connectivity index (χ0n) is 10.2. The molecule has 3 nitrogen and oxygen atoms in total. The third-order valence-corrected chi connectivity index (χ3v) is 3.54. The van der Waals surface area contributed by atoms with Crippen LogP contribution in [0.2, 0.25) is 5.02 Å². The molecule has 0 radical (unpaired) electrons. The van der Waals surface area contributed by atoms with E-state index in [0.717, 1.165) is 23.7 Å². The minimum atomic E-state index is 0.750. The Hall–Kier alpha value is -0.640. The Bertz CT molecular complexity index is 337. The van der Waals surface area contributed by atoms with Gasteiger partial charge in [-0.15, -0.1) is 0 Å². The first-order chi connectivity index (χ1) is 8.36. The summed E-state index contributed by atoms with van der Waals surface area (Å²) >= 11 is 6.03. The van der Waals surface area contributed by atoms with Crippen LogP contribution in [0.15, 0.2) is 18.5 Å². The van der Waals surface area contributed by atoms with E-state index in [4.69, 9.17) is 11.6 Å². The molecule has 2 heterocycles. The van der Waals surface area contributed by atoms with Gasteiger partial charge in [-0.1, -0.05) is 11.6 Å². The molecule has 1 saturated heterocycles. The lowest BCUT2D eigenvalue weighted by atomic mass is 10.2. The van der Waals surface area contributed by atoms with Crippen molar-refractivity contribution in [3.8, 4) is 0 Å². The van der Waals surface area contributed by atoms with Crippen LogP contribution in [0.4, 0.5) is 0 Å². The van der Waals surface area contributed by atoms with E-state index in [-0.39, 0.29) is 0 Å². The molecule has 0 bridgehead atoms. The van der Waals surface area contributed by atoms with E-state index in [2.05, 4.69) is 15.2 Å². The Morgan fingerprint density at radius 3 is 2.94 bits per heavy atom. The zero-order chi connectivity index (χ0) is 11.9. The minimum Gasteiger partial charge on any atom is -0.313 e. The number of nitrogens with zero attached hydrogens (tertiary/aromatic N) is 2. The first-order valence-electron chi connectivity index (χ1n) is 6.38. The largest absolute Gasteiger partial charge is 0.313 e.